The smallest absolute Gasteiger partial charge is 0.120 e. The van der Waals surface area contributed by atoms with Crippen molar-refractivity contribution in [1.29, 1.82) is 0 Å². The molecule has 1 atom stereocenters. The van der Waals surface area contributed by atoms with Crippen LogP contribution in [-0.4, -0.2) is 30.9 Å². The van der Waals surface area contributed by atoms with Gasteiger partial charge in [0.25, 0.3) is 0 Å². The molecule has 1 heterocycles. The van der Waals surface area contributed by atoms with Gasteiger partial charge in [0.2, 0.25) is 0 Å². The standard InChI is InChI=1S/C22H23NO2/c24-20(15-23-13-5-9-18-7-3-4-10-22(18)23)16-25-21-12-11-17-6-1-2-8-19(17)14-21/h1-4,6-8,10-12,14,20,24H,5,9,13,15-16H2/t20-/m0/s1. The molecule has 3 aromatic carbocycles. The predicted octanol–water partition coefficient (Wildman–Crippen LogP) is 4.03. The van der Waals surface area contributed by atoms with Gasteiger partial charge < -0.3 is 14.7 Å². The molecule has 1 aliphatic heterocycles. The van der Waals surface area contributed by atoms with Crippen LogP contribution in [0.3, 0.4) is 0 Å². The summed E-state index contributed by atoms with van der Waals surface area (Å²) in [4.78, 5) is 2.27. The Hall–Kier alpha value is -2.52. The van der Waals surface area contributed by atoms with Crippen LogP contribution in [-0.2, 0) is 6.42 Å². The molecule has 0 aliphatic carbocycles. The number of aryl methyl sites for hydroxylation is 1. The fraction of sp³-hybridized carbons (Fsp3) is 0.273. The lowest BCUT2D eigenvalue weighted by molar-refractivity contribution is 0.112. The molecule has 3 nitrogen and oxygen atoms in total. The fourth-order valence-electron chi connectivity index (χ4n) is 3.56. The Kier molecular flexibility index (Phi) is 4.57. The molecule has 0 spiro atoms. The van der Waals surface area contributed by atoms with E-state index in [-0.39, 0.29) is 0 Å². The molecule has 0 aromatic heterocycles. The van der Waals surface area contributed by atoms with Crippen LogP contribution in [0.4, 0.5) is 5.69 Å². The van der Waals surface area contributed by atoms with E-state index in [1.165, 1.54) is 16.6 Å². The maximum atomic E-state index is 10.4. The normalized spacial score (nSPS) is 15.0. The first-order valence-corrected chi connectivity index (χ1v) is 8.92. The van der Waals surface area contributed by atoms with Crippen LogP contribution in [0.15, 0.2) is 66.7 Å². The Morgan fingerprint density at radius 1 is 0.960 bits per heavy atom. The van der Waals surface area contributed by atoms with Gasteiger partial charge in [-0.2, -0.15) is 0 Å². The highest BCUT2D eigenvalue weighted by Crippen LogP contribution is 2.27. The maximum Gasteiger partial charge on any atom is 0.120 e. The number of benzene rings is 3. The summed E-state index contributed by atoms with van der Waals surface area (Å²) in [6.07, 6.45) is 1.74. The van der Waals surface area contributed by atoms with Gasteiger partial charge in [-0.3, -0.25) is 0 Å². The second-order valence-electron chi connectivity index (χ2n) is 6.65. The number of anilines is 1. The second kappa shape index (κ2) is 7.16. The van der Waals surface area contributed by atoms with Gasteiger partial charge in [0.1, 0.15) is 18.5 Å². The average Bonchev–Trinajstić information content (AvgIpc) is 2.66. The lowest BCUT2D eigenvalue weighted by Gasteiger charge is -2.32. The van der Waals surface area contributed by atoms with Crippen molar-refractivity contribution in [2.24, 2.45) is 0 Å². The number of aliphatic hydroxyl groups is 1. The topological polar surface area (TPSA) is 32.7 Å². The van der Waals surface area contributed by atoms with Crippen molar-refractivity contribution >= 4 is 16.5 Å². The fourth-order valence-corrected chi connectivity index (χ4v) is 3.56. The van der Waals surface area contributed by atoms with E-state index in [1.807, 2.05) is 24.3 Å². The summed E-state index contributed by atoms with van der Waals surface area (Å²) in [5.41, 5.74) is 2.62. The van der Waals surface area contributed by atoms with Crippen molar-refractivity contribution in [3.05, 3.63) is 72.3 Å². The van der Waals surface area contributed by atoms with Crippen molar-refractivity contribution in [3.8, 4) is 5.75 Å². The van der Waals surface area contributed by atoms with Gasteiger partial charge in [0, 0.05) is 18.8 Å². The number of aliphatic hydroxyl groups excluding tert-OH is 1. The maximum absolute atomic E-state index is 10.4. The zero-order chi connectivity index (χ0) is 17.1. The van der Waals surface area contributed by atoms with Gasteiger partial charge in [-0.15, -0.1) is 0 Å². The number of β-amino-alcohol motifs (C(OH)–C–C–N with tert-alkyl or cyclic N) is 1. The van der Waals surface area contributed by atoms with Gasteiger partial charge in [0.05, 0.1) is 0 Å². The molecule has 128 valence electrons. The molecular formula is C22H23NO2. The summed E-state index contributed by atoms with van der Waals surface area (Å²) in [5.74, 6) is 0.803. The molecule has 0 amide bonds. The number of nitrogens with zero attached hydrogens (tertiary/aromatic N) is 1. The van der Waals surface area contributed by atoms with E-state index in [9.17, 15) is 5.11 Å². The summed E-state index contributed by atoms with van der Waals surface area (Å²) in [6.45, 7) is 1.89. The number of rotatable bonds is 5. The number of para-hydroxylation sites is 1. The lowest BCUT2D eigenvalue weighted by Crippen LogP contribution is -2.38. The monoisotopic (exact) mass is 333 g/mol. The Morgan fingerprint density at radius 2 is 1.76 bits per heavy atom. The Labute approximate surface area is 148 Å². The SMILES string of the molecule is O[C@H](COc1ccc2ccccc2c1)CN1CCCc2ccccc21. The highest BCUT2D eigenvalue weighted by atomic mass is 16.5. The number of fused-ring (bicyclic) bond motifs is 2. The van der Waals surface area contributed by atoms with Crippen LogP contribution in [0, 0.1) is 0 Å². The summed E-state index contributed by atoms with van der Waals surface area (Å²) in [6, 6.07) is 22.7. The number of hydrogen-bond acceptors (Lipinski definition) is 3. The van der Waals surface area contributed by atoms with E-state index in [4.69, 9.17) is 4.74 Å². The molecular weight excluding hydrogens is 310 g/mol. The molecule has 0 radical (unpaired) electrons. The van der Waals surface area contributed by atoms with Crippen LogP contribution in [0.2, 0.25) is 0 Å². The van der Waals surface area contributed by atoms with E-state index in [1.54, 1.807) is 0 Å². The van der Waals surface area contributed by atoms with Gasteiger partial charge in [-0.05, 0) is 47.4 Å². The van der Waals surface area contributed by atoms with E-state index in [0.717, 1.165) is 30.5 Å². The van der Waals surface area contributed by atoms with Crippen LogP contribution >= 0.6 is 0 Å². The van der Waals surface area contributed by atoms with E-state index < -0.39 is 6.10 Å². The zero-order valence-electron chi connectivity index (χ0n) is 14.3. The van der Waals surface area contributed by atoms with Crippen molar-refractivity contribution in [2.75, 3.05) is 24.6 Å². The predicted molar refractivity (Wildman–Crippen MR) is 102 cm³/mol. The van der Waals surface area contributed by atoms with Gasteiger partial charge in [-0.1, -0.05) is 48.5 Å². The molecule has 0 saturated heterocycles. The largest absolute Gasteiger partial charge is 0.491 e. The molecule has 3 aromatic rings. The average molecular weight is 333 g/mol. The molecule has 25 heavy (non-hydrogen) atoms. The highest BCUT2D eigenvalue weighted by molar-refractivity contribution is 5.83. The third-order valence-corrected chi connectivity index (χ3v) is 4.80. The first-order valence-electron chi connectivity index (χ1n) is 8.92. The van der Waals surface area contributed by atoms with Crippen LogP contribution in [0.1, 0.15) is 12.0 Å². The minimum Gasteiger partial charge on any atom is -0.491 e. The van der Waals surface area contributed by atoms with Crippen LogP contribution in [0.5, 0.6) is 5.75 Å². The van der Waals surface area contributed by atoms with Crippen LogP contribution in [0.25, 0.3) is 10.8 Å². The second-order valence-corrected chi connectivity index (χ2v) is 6.65. The van der Waals surface area contributed by atoms with Gasteiger partial charge in [-0.25, -0.2) is 0 Å². The number of ether oxygens (including phenoxy) is 1. The quantitative estimate of drug-likeness (QED) is 0.765. The van der Waals surface area contributed by atoms with E-state index in [2.05, 4.69) is 47.4 Å². The lowest BCUT2D eigenvalue weighted by atomic mass is 10.0. The Balaban J connectivity index is 1.38. The molecule has 0 bridgehead atoms. The van der Waals surface area contributed by atoms with E-state index in [0.29, 0.717) is 13.2 Å². The summed E-state index contributed by atoms with van der Waals surface area (Å²) in [5, 5.41) is 12.8. The molecule has 4 rings (SSSR count). The van der Waals surface area contributed by atoms with Crippen molar-refractivity contribution in [1.82, 2.24) is 0 Å². The summed E-state index contributed by atoms with van der Waals surface area (Å²) >= 11 is 0. The third kappa shape index (κ3) is 3.62. The third-order valence-electron chi connectivity index (χ3n) is 4.80. The molecule has 3 heteroatoms. The van der Waals surface area contributed by atoms with Crippen molar-refractivity contribution in [3.63, 3.8) is 0 Å². The molecule has 1 aliphatic rings. The van der Waals surface area contributed by atoms with E-state index >= 15 is 0 Å². The van der Waals surface area contributed by atoms with Crippen molar-refractivity contribution in [2.45, 2.75) is 18.9 Å². The minimum absolute atomic E-state index is 0.303. The molecule has 0 saturated carbocycles. The van der Waals surface area contributed by atoms with Gasteiger partial charge >= 0.3 is 0 Å². The first kappa shape index (κ1) is 16.0. The Bertz CT molecular complexity index is 861. The molecule has 0 fully saturated rings. The molecule has 0 unspecified atom stereocenters. The van der Waals surface area contributed by atoms with Crippen molar-refractivity contribution < 1.29 is 9.84 Å². The highest BCUT2D eigenvalue weighted by Gasteiger charge is 2.19. The number of hydrogen-bond donors (Lipinski definition) is 1. The Morgan fingerprint density at radius 3 is 2.68 bits per heavy atom. The summed E-state index contributed by atoms with van der Waals surface area (Å²) < 4.78 is 5.83. The zero-order valence-corrected chi connectivity index (χ0v) is 14.3. The molecule has 1 N–H and O–H groups in total. The minimum atomic E-state index is -0.516. The first-order chi connectivity index (χ1) is 12.3. The van der Waals surface area contributed by atoms with Gasteiger partial charge in [0.15, 0.2) is 0 Å². The summed E-state index contributed by atoms with van der Waals surface area (Å²) in [7, 11) is 0. The van der Waals surface area contributed by atoms with Crippen LogP contribution < -0.4 is 9.64 Å².